The topological polar surface area (TPSA) is 83.6 Å². The van der Waals surface area contributed by atoms with Crippen LogP contribution in [0.1, 0.15) is 19.8 Å². The van der Waals surface area contributed by atoms with E-state index in [2.05, 4.69) is 5.32 Å². The lowest BCUT2D eigenvalue weighted by atomic mass is 10.2. The normalized spacial score (nSPS) is 32.4. The summed E-state index contributed by atoms with van der Waals surface area (Å²) in [5, 5.41) is 2.99. The van der Waals surface area contributed by atoms with E-state index in [1.165, 1.54) is 4.90 Å². The quantitative estimate of drug-likeness (QED) is 0.652. The first-order chi connectivity index (χ1) is 7.93. The van der Waals surface area contributed by atoms with Gasteiger partial charge in [-0.15, -0.1) is 0 Å². The highest BCUT2D eigenvalue weighted by Gasteiger charge is 2.40. The predicted octanol–water partition coefficient (Wildman–Crippen LogP) is -1.09. The maximum Gasteiger partial charge on any atom is 0.246 e. The summed E-state index contributed by atoms with van der Waals surface area (Å²) in [4.78, 5) is 24.5. The van der Waals surface area contributed by atoms with Gasteiger partial charge in [-0.3, -0.25) is 14.5 Å². The summed E-state index contributed by atoms with van der Waals surface area (Å²) >= 11 is 0. The van der Waals surface area contributed by atoms with E-state index in [9.17, 15) is 18.0 Å². The standard InChI is InChI=1S/C10H16N2O4S/c1-2-12-9(13)5-8(10(12)14)11-7-3-4-17(15,16)6-7/h7-8,11H,2-6H2,1H3. The molecular weight excluding hydrogens is 244 g/mol. The number of carbonyl (C=O) groups is 2. The second kappa shape index (κ2) is 4.38. The highest BCUT2D eigenvalue weighted by atomic mass is 32.2. The van der Waals surface area contributed by atoms with E-state index in [0.717, 1.165) is 0 Å². The van der Waals surface area contributed by atoms with Gasteiger partial charge in [0.05, 0.1) is 24.0 Å². The smallest absolute Gasteiger partial charge is 0.246 e. The van der Waals surface area contributed by atoms with Crippen molar-refractivity contribution >= 4 is 21.7 Å². The Balaban J connectivity index is 1.98. The molecule has 2 rings (SSSR count). The van der Waals surface area contributed by atoms with Gasteiger partial charge in [0.25, 0.3) is 0 Å². The molecule has 0 spiro atoms. The Morgan fingerprint density at radius 2 is 2.12 bits per heavy atom. The van der Waals surface area contributed by atoms with Gasteiger partial charge in [-0.2, -0.15) is 0 Å². The van der Waals surface area contributed by atoms with Crippen LogP contribution in [-0.4, -0.2) is 55.3 Å². The van der Waals surface area contributed by atoms with Crippen LogP contribution in [0, 0.1) is 0 Å². The predicted molar refractivity (Wildman–Crippen MR) is 61.0 cm³/mol. The number of amides is 2. The van der Waals surface area contributed by atoms with Gasteiger partial charge in [-0.25, -0.2) is 8.42 Å². The van der Waals surface area contributed by atoms with Crippen LogP contribution in [0.2, 0.25) is 0 Å². The second-order valence-corrected chi connectivity index (χ2v) is 6.73. The summed E-state index contributed by atoms with van der Waals surface area (Å²) in [6.07, 6.45) is 0.662. The Hall–Kier alpha value is -0.950. The van der Waals surface area contributed by atoms with Crippen molar-refractivity contribution in [1.82, 2.24) is 10.2 Å². The van der Waals surface area contributed by atoms with Crippen LogP contribution < -0.4 is 5.32 Å². The number of nitrogens with zero attached hydrogens (tertiary/aromatic N) is 1. The van der Waals surface area contributed by atoms with Gasteiger partial charge in [-0.05, 0) is 13.3 Å². The molecule has 0 aliphatic carbocycles. The first-order valence-electron chi connectivity index (χ1n) is 5.73. The van der Waals surface area contributed by atoms with Gasteiger partial charge < -0.3 is 5.32 Å². The third-order valence-corrected chi connectivity index (χ3v) is 5.00. The molecular formula is C10H16N2O4S. The number of nitrogens with one attached hydrogen (secondary N) is 1. The largest absolute Gasteiger partial charge is 0.302 e. The molecule has 0 aromatic rings. The van der Waals surface area contributed by atoms with Gasteiger partial charge in [0.2, 0.25) is 11.8 Å². The summed E-state index contributed by atoms with van der Waals surface area (Å²) in [5.74, 6) is -0.189. The molecule has 1 N–H and O–H groups in total. The van der Waals surface area contributed by atoms with Crippen LogP contribution in [0.3, 0.4) is 0 Å². The zero-order valence-electron chi connectivity index (χ0n) is 9.68. The molecule has 96 valence electrons. The Labute approximate surface area is 100 Å². The minimum atomic E-state index is -2.96. The SMILES string of the molecule is CCN1C(=O)CC(NC2CCS(=O)(=O)C2)C1=O. The van der Waals surface area contributed by atoms with Crippen molar-refractivity contribution in [2.75, 3.05) is 18.1 Å². The van der Waals surface area contributed by atoms with Gasteiger partial charge in [0.1, 0.15) is 0 Å². The highest BCUT2D eigenvalue weighted by molar-refractivity contribution is 7.91. The number of hydrogen-bond acceptors (Lipinski definition) is 5. The fourth-order valence-electron chi connectivity index (χ4n) is 2.36. The number of sulfone groups is 1. The molecule has 0 aromatic carbocycles. The van der Waals surface area contributed by atoms with Crippen LogP contribution in [0.5, 0.6) is 0 Å². The zero-order chi connectivity index (χ0) is 12.6. The van der Waals surface area contributed by atoms with Gasteiger partial charge in [0, 0.05) is 12.6 Å². The van der Waals surface area contributed by atoms with E-state index in [1.54, 1.807) is 6.92 Å². The molecule has 0 radical (unpaired) electrons. The number of likely N-dealkylation sites (tertiary alicyclic amines) is 1. The first-order valence-corrected chi connectivity index (χ1v) is 7.56. The minimum absolute atomic E-state index is 0.0666. The van der Waals surface area contributed by atoms with E-state index in [4.69, 9.17) is 0 Å². The fourth-order valence-corrected chi connectivity index (χ4v) is 4.04. The third kappa shape index (κ3) is 2.50. The first kappa shape index (κ1) is 12.5. The lowest BCUT2D eigenvalue weighted by Gasteiger charge is -2.16. The molecule has 0 aromatic heterocycles. The van der Waals surface area contributed by atoms with Crippen molar-refractivity contribution in [3.05, 3.63) is 0 Å². The maximum atomic E-state index is 11.8. The Bertz CT molecular complexity index is 445. The van der Waals surface area contributed by atoms with Crippen molar-refractivity contribution < 1.29 is 18.0 Å². The van der Waals surface area contributed by atoms with Crippen LogP contribution >= 0.6 is 0 Å². The van der Waals surface area contributed by atoms with Crippen LogP contribution in [-0.2, 0) is 19.4 Å². The molecule has 2 fully saturated rings. The second-order valence-electron chi connectivity index (χ2n) is 4.50. The number of likely N-dealkylation sites (N-methyl/N-ethyl adjacent to an activating group) is 1. The van der Waals surface area contributed by atoms with Crippen molar-refractivity contribution in [1.29, 1.82) is 0 Å². The van der Waals surface area contributed by atoms with Gasteiger partial charge in [-0.1, -0.05) is 0 Å². The molecule has 0 saturated carbocycles. The monoisotopic (exact) mass is 260 g/mol. The molecule has 2 amide bonds. The Morgan fingerprint density at radius 1 is 1.41 bits per heavy atom. The van der Waals surface area contributed by atoms with Crippen molar-refractivity contribution in [2.24, 2.45) is 0 Å². The summed E-state index contributed by atoms with van der Waals surface area (Å²) in [6, 6.07) is -0.737. The van der Waals surface area contributed by atoms with Crippen molar-refractivity contribution in [3.8, 4) is 0 Å². The van der Waals surface area contributed by atoms with Crippen LogP contribution in [0.4, 0.5) is 0 Å². The number of imide groups is 1. The van der Waals surface area contributed by atoms with Crippen LogP contribution in [0.15, 0.2) is 0 Å². The molecule has 17 heavy (non-hydrogen) atoms. The van der Waals surface area contributed by atoms with Crippen LogP contribution in [0.25, 0.3) is 0 Å². The summed E-state index contributed by atoms with van der Waals surface area (Å²) in [6.45, 7) is 2.12. The Morgan fingerprint density at radius 3 is 2.59 bits per heavy atom. The average molecular weight is 260 g/mol. The molecule has 2 atom stereocenters. The molecule has 2 saturated heterocycles. The highest BCUT2D eigenvalue weighted by Crippen LogP contribution is 2.17. The fraction of sp³-hybridized carbons (Fsp3) is 0.800. The average Bonchev–Trinajstić information content (AvgIpc) is 2.69. The number of hydrogen-bond donors (Lipinski definition) is 1. The zero-order valence-corrected chi connectivity index (χ0v) is 10.5. The molecule has 2 heterocycles. The Kier molecular flexibility index (Phi) is 3.22. The molecule has 6 nitrogen and oxygen atoms in total. The lowest BCUT2D eigenvalue weighted by Crippen LogP contribution is -2.44. The summed E-state index contributed by atoms with van der Waals surface area (Å²) in [7, 11) is -2.96. The van der Waals surface area contributed by atoms with Crippen molar-refractivity contribution in [3.63, 3.8) is 0 Å². The number of carbonyl (C=O) groups excluding carboxylic acids is 2. The molecule has 0 bridgehead atoms. The summed E-state index contributed by atoms with van der Waals surface area (Å²) in [5.41, 5.74) is 0. The van der Waals surface area contributed by atoms with Gasteiger partial charge in [0.15, 0.2) is 9.84 Å². The number of rotatable bonds is 3. The molecule has 2 aliphatic heterocycles. The van der Waals surface area contributed by atoms with E-state index in [0.29, 0.717) is 13.0 Å². The molecule has 2 unspecified atom stereocenters. The molecule has 7 heteroatoms. The van der Waals surface area contributed by atoms with E-state index in [-0.39, 0.29) is 35.8 Å². The minimum Gasteiger partial charge on any atom is -0.302 e. The van der Waals surface area contributed by atoms with E-state index in [1.807, 2.05) is 0 Å². The molecule has 2 aliphatic rings. The van der Waals surface area contributed by atoms with E-state index < -0.39 is 15.9 Å². The van der Waals surface area contributed by atoms with Crippen molar-refractivity contribution in [2.45, 2.75) is 31.8 Å². The third-order valence-electron chi connectivity index (χ3n) is 3.23. The maximum absolute atomic E-state index is 11.8. The van der Waals surface area contributed by atoms with Gasteiger partial charge >= 0.3 is 0 Å². The lowest BCUT2D eigenvalue weighted by molar-refractivity contribution is -0.138. The van der Waals surface area contributed by atoms with E-state index >= 15 is 0 Å². The summed E-state index contributed by atoms with van der Waals surface area (Å²) < 4.78 is 22.6.